The summed E-state index contributed by atoms with van der Waals surface area (Å²) in [5.74, 6) is 0.435. The molecule has 1 atom stereocenters. The predicted molar refractivity (Wildman–Crippen MR) is 115 cm³/mol. The number of ether oxygens (including phenoxy) is 1. The number of hydrogen-bond acceptors (Lipinski definition) is 6. The van der Waals surface area contributed by atoms with E-state index in [1.54, 1.807) is 54.6 Å². The van der Waals surface area contributed by atoms with Crippen LogP contribution in [0.25, 0.3) is 0 Å². The monoisotopic (exact) mass is 458 g/mol. The highest BCUT2D eigenvalue weighted by molar-refractivity contribution is 7.91. The third-order valence-corrected chi connectivity index (χ3v) is 8.21. The predicted octanol–water partition coefficient (Wildman–Crippen LogP) is 3.93. The van der Waals surface area contributed by atoms with Crippen LogP contribution in [0.2, 0.25) is 0 Å². The molecule has 0 N–H and O–H groups in total. The minimum Gasteiger partial charge on any atom is -0.488 e. The van der Waals surface area contributed by atoms with Crippen molar-refractivity contribution < 1.29 is 25.8 Å². The summed E-state index contributed by atoms with van der Waals surface area (Å²) in [5, 5.41) is 0. The van der Waals surface area contributed by atoms with E-state index in [9.17, 15) is 16.8 Å². The SMILES string of the molecule is Cc1ccc(S(=O)(=O)OC[C@@H]2CCc3ccc(S(=O)(=O)c4ccccc4)cc3O2)cc1. The molecule has 1 aliphatic rings. The molecule has 0 amide bonds. The Balaban J connectivity index is 1.49. The lowest BCUT2D eigenvalue weighted by Crippen LogP contribution is -2.29. The zero-order chi connectivity index (χ0) is 22.1. The molecule has 3 aromatic carbocycles. The summed E-state index contributed by atoms with van der Waals surface area (Å²) in [5.41, 5.74) is 1.83. The molecule has 0 aromatic heterocycles. The molecule has 3 aromatic rings. The summed E-state index contributed by atoms with van der Waals surface area (Å²) in [7, 11) is -7.57. The van der Waals surface area contributed by atoms with E-state index >= 15 is 0 Å². The van der Waals surface area contributed by atoms with Gasteiger partial charge in [0.2, 0.25) is 9.84 Å². The molecule has 162 valence electrons. The Kier molecular flexibility index (Phi) is 5.88. The fourth-order valence-corrected chi connectivity index (χ4v) is 5.60. The van der Waals surface area contributed by atoms with Crippen LogP contribution in [0, 0.1) is 6.92 Å². The number of sulfone groups is 1. The lowest BCUT2D eigenvalue weighted by Gasteiger charge is -2.26. The van der Waals surface area contributed by atoms with Gasteiger partial charge in [0.15, 0.2) is 0 Å². The Morgan fingerprint density at radius 2 is 1.55 bits per heavy atom. The second-order valence-corrected chi connectivity index (χ2v) is 11.0. The summed E-state index contributed by atoms with van der Waals surface area (Å²) in [4.78, 5) is 0.423. The van der Waals surface area contributed by atoms with Gasteiger partial charge < -0.3 is 4.74 Å². The average molecular weight is 459 g/mol. The topological polar surface area (TPSA) is 86.7 Å². The van der Waals surface area contributed by atoms with Crippen LogP contribution < -0.4 is 4.74 Å². The van der Waals surface area contributed by atoms with E-state index in [0.717, 1.165) is 11.1 Å². The van der Waals surface area contributed by atoms with Crippen molar-refractivity contribution in [3.05, 3.63) is 83.9 Å². The maximum absolute atomic E-state index is 12.9. The third kappa shape index (κ3) is 4.66. The van der Waals surface area contributed by atoms with Gasteiger partial charge in [0.05, 0.1) is 14.7 Å². The van der Waals surface area contributed by atoms with Gasteiger partial charge in [-0.15, -0.1) is 0 Å². The van der Waals surface area contributed by atoms with Crippen LogP contribution in [-0.4, -0.2) is 29.5 Å². The molecule has 0 saturated heterocycles. The molecule has 0 fully saturated rings. The van der Waals surface area contributed by atoms with Gasteiger partial charge >= 0.3 is 0 Å². The van der Waals surface area contributed by atoms with Gasteiger partial charge in [-0.25, -0.2) is 8.42 Å². The lowest BCUT2D eigenvalue weighted by molar-refractivity contribution is 0.112. The second kappa shape index (κ2) is 8.45. The molecule has 0 aliphatic carbocycles. The third-order valence-electron chi connectivity index (χ3n) is 5.15. The van der Waals surface area contributed by atoms with E-state index in [4.69, 9.17) is 8.92 Å². The van der Waals surface area contributed by atoms with Crippen molar-refractivity contribution in [1.29, 1.82) is 0 Å². The van der Waals surface area contributed by atoms with Crippen molar-refractivity contribution in [1.82, 2.24) is 0 Å². The molecule has 1 aliphatic heterocycles. The van der Waals surface area contributed by atoms with E-state index in [0.29, 0.717) is 18.6 Å². The zero-order valence-electron chi connectivity index (χ0n) is 16.9. The number of aryl methyl sites for hydroxylation is 2. The first kappa shape index (κ1) is 21.5. The highest BCUT2D eigenvalue weighted by Crippen LogP contribution is 2.32. The molecule has 0 bridgehead atoms. The van der Waals surface area contributed by atoms with Gasteiger partial charge in [-0.1, -0.05) is 42.0 Å². The van der Waals surface area contributed by atoms with Crippen LogP contribution in [0.4, 0.5) is 0 Å². The Labute approximate surface area is 182 Å². The minimum atomic E-state index is -3.90. The largest absolute Gasteiger partial charge is 0.488 e. The number of hydrogen-bond donors (Lipinski definition) is 0. The summed E-state index contributed by atoms with van der Waals surface area (Å²) >= 11 is 0. The van der Waals surface area contributed by atoms with Crippen molar-refractivity contribution in [3.8, 4) is 5.75 Å². The normalized spacial score (nSPS) is 16.4. The highest BCUT2D eigenvalue weighted by Gasteiger charge is 2.26. The molecule has 6 nitrogen and oxygen atoms in total. The van der Waals surface area contributed by atoms with Gasteiger partial charge in [-0.3, -0.25) is 4.18 Å². The Morgan fingerprint density at radius 1 is 0.871 bits per heavy atom. The Morgan fingerprint density at radius 3 is 2.26 bits per heavy atom. The molecule has 0 unspecified atom stereocenters. The molecule has 0 spiro atoms. The van der Waals surface area contributed by atoms with E-state index in [1.165, 1.54) is 18.2 Å². The van der Waals surface area contributed by atoms with Crippen LogP contribution in [-0.2, 0) is 30.6 Å². The first-order valence-corrected chi connectivity index (χ1v) is 12.7. The summed E-state index contributed by atoms with van der Waals surface area (Å²) < 4.78 is 61.7. The van der Waals surface area contributed by atoms with Crippen molar-refractivity contribution >= 4 is 20.0 Å². The van der Waals surface area contributed by atoms with Crippen LogP contribution in [0.15, 0.2) is 87.5 Å². The summed E-state index contributed by atoms with van der Waals surface area (Å²) in [6.45, 7) is 1.72. The van der Waals surface area contributed by atoms with Crippen LogP contribution in [0.3, 0.4) is 0 Å². The molecule has 8 heteroatoms. The highest BCUT2D eigenvalue weighted by atomic mass is 32.2. The molecule has 4 rings (SSSR count). The van der Waals surface area contributed by atoms with E-state index in [-0.39, 0.29) is 21.3 Å². The van der Waals surface area contributed by atoms with Crippen LogP contribution in [0.5, 0.6) is 5.75 Å². The number of rotatable bonds is 6. The molecular weight excluding hydrogens is 436 g/mol. The summed E-state index contributed by atoms with van der Waals surface area (Å²) in [6.07, 6.45) is 0.711. The number of fused-ring (bicyclic) bond motifs is 1. The molecule has 0 saturated carbocycles. The first-order valence-electron chi connectivity index (χ1n) is 9.81. The quantitative estimate of drug-likeness (QED) is 0.520. The fourth-order valence-electron chi connectivity index (χ4n) is 3.36. The Bertz CT molecular complexity index is 1280. The maximum Gasteiger partial charge on any atom is 0.297 e. The maximum atomic E-state index is 12.9. The fraction of sp³-hybridized carbons (Fsp3) is 0.217. The van der Waals surface area contributed by atoms with Gasteiger partial charge in [0, 0.05) is 0 Å². The van der Waals surface area contributed by atoms with Crippen LogP contribution in [0.1, 0.15) is 17.5 Å². The molecular formula is C23H22O6S2. The lowest BCUT2D eigenvalue weighted by atomic mass is 10.0. The smallest absolute Gasteiger partial charge is 0.297 e. The van der Waals surface area contributed by atoms with Gasteiger partial charge in [-0.05, 0) is 61.7 Å². The minimum absolute atomic E-state index is 0.0885. The molecule has 31 heavy (non-hydrogen) atoms. The van der Waals surface area contributed by atoms with Gasteiger partial charge in [-0.2, -0.15) is 8.42 Å². The Hall–Kier alpha value is -2.68. The standard InChI is InChI=1S/C23H22O6S2/c1-17-7-12-21(13-8-17)31(26,27)28-16-19-11-9-18-10-14-22(15-23(18)29-19)30(24,25)20-5-3-2-4-6-20/h2-8,10,12-15,19H,9,11,16H2,1H3/t19-/m0/s1. The van der Waals surface area contributed by atoms with Gasteiger partial charge in [0.1, 0.15) is 18.5 Å². The van der Waals surface area contributed by atoms with Crippen molar-refractivity contribution in [2.45, 2.75) is 40.6 Å². The summed E-state index contributed by atoms with van der Waals surface area (Å²) in [6, 6.07) is 19.4. The second-order valence-electron chi connectivity index (χ2n) is 7.42. The van der Waals surface area contributed by atoms with Crippen molar-refractivity contribution in [3.63, 3.8) is 0 Å². The van der Waals surface area contributed by atoms with Crippen molar-refractivity contribution in [2.75, 3.05) is 6.61 Å². The number of benzene rings is 3. The first-order chi connectivity index (χ1) is 14.8. The average Bonchev–Trinajstić information content (AvgIpc) is 2.78. The van der Waals surface area contributed by atoms with E-state index in [2.05, 4.69) is 0 Å². The van der Waals surface area contributed by atoms with E-state index in [1.807, 2.05) is 6.92 Å². The van der Waals surface area contributed by atoms with Crippen molar-refractivity contribution in [2.24, 2.45) is 0 Å². The zero-order valence-corrected chi connectivity index (χ0v) is 18.5. The molecule has 0 radical (unpaired) electrons. The van der Waals surface area contributed by atoms with Crippen LogP contribution >= 0.6 is 0 Å². The molecule has 1 heterocycles. The van der Waals surface area contributed by atoms with Gasteiger partial charge in [0.25, 0.3) is 10.1 Å². The van der Waals surface area contributed by atoms with E-state index < -0.39 is 26.1 Å².